The van der Waals surface area contributed by atoms with Gasteiger partial charge in [0, 0.05) is 10.0 Å². The van der Waals surface area contributed by atoms with E-state index in [1.54, 1.807) is 30.4 Å². The Balaban J connectivity index is 1.77. The number of carbonyl (C=O) groups is 1. The molecular weight excluding hydrogens is 320 g/mol. The summed E-state index contributed by atoms with van der Waals surface area (Å²) in [7, 11) is 0. The average Bonchev–Trinajstić information content (AvgIpc) is 2.93. The fourth-order valence-corrected chi connectivity index (χ4v) is 2.16. The Hall–Kier alpha value is -2.07. The van der Waals surface area contributed by atoms with E-state index in [0.717, 1.165) is 10.0 Å². The lowest BCUT2D eigenvalue weighted by atomic mass is 10.1. The number of benzene rings is 2. The molecule has 4 heteroatoms. The van der Waals surface area contributed by atoms with E-state index < -0.39 is 0 Å². The van der Waals surface area contributed by atoms with Gasteiger partial charge in [-0.2, -0.15) is 0 Å². The van der Waals surface area contributed by atoms with Crippen LogP contribution in [-0.2, 0) is 0 Å². The molecule has 2 aromatic rings. The molecule has 0 saturated heterocycles. The van der Waals surface area contributed by atoms with E-state index in [4.69, 9.17) is 9.47 Å². The number of halogens is 1. The normalized spacial score (nSPS) is 12.8. The van der Waals surface area contributed by atoms with Crippen LogP contribution in [0, 0.1) is 0 Å². The maximum absolute atomic E-state index is 12.1. The fraction of sp³-hybridized carbons (Fsp3) is 0.0625. The molecule has 1 heterocycles. The predicted molar refractivity (Wildman–Crippen MR) is 80.1 cm³/mol. The molecule has 3 rings (SSSR count). The van der Waals surface area contributed by atoms with Crippen LogP contribution in [0.3, 0.4) is 0 Å². The monoisotopic (exact) mass is 330 g/mol. The van der Waals surface area contributed by atoms with Crippen molar-refractivity contribution in [2.45, 2.75) is 0 Å². The zero-order valence-electron chi connectivity index (χ0n) is 10.5. The quantitative estimate of drug-likeness (QED) is 0.628. The summed E-state index contributed by atoms with van der Waals surface area (Å²) in [5, 5.41) is 0. The highest BCUT2D eigenvalue weighted by Crippen LogP contribution is 2.32. The van der Waals surface area contributed by atoms with E-state index in [0.29, 0.717) is 17.1 Å². The molecule has 1 aliphatic heterocycles. The molecular formula is C16H11BrO3. The lowest BCUT2D eigenvalue weighted by molar-refractivity contribution is 0.104. The zero-order chi connectivity index (χ0) is 13.9. The van der Waals surface area contributed by atoms with Gasteiger partial charge in [-0.05, 0) is 42.0 Å². The van der Waals surface area contributed by atoms with Gasteiger partial charge in [-0.15, -0.1) is 0 Å². The van der Waals surface area contributed by atoms with Crippen molar-refractivity contribution < 1.29 is 14.3 Å². The van der Waals surface area contributed by atoms with E-state index >= 15 is 0 Å². The van der Waals surface area contributed by atoms with Crippen LogP contribution in [0.4, 0.5) is 0 Å². The van der Waals surface area contributed by atoms with E-state index in [1.807, 2.05) is 24.3 Å². The van der Waals surface area contributed by atoms with Crippen molar-refractivity contribution in [3.05, 3.63) is 64.1 Å². The van der Waals surface area contributed by atoms with Gasteiger partial charge in [0.05, 0.1) is 0 Å². The van der Waals surface area contributed by atoms with Gasteiger partial charge in [-0.3, -0.25) is 4.79 Å². The second kappa shape index (κ2) is 5.51. The van der Waals surface area contributed by atoms with Gasteiger partial charge in [-0.1, -0.05) is 34.1 Å². The van der Waals surface area contributed by atoms with Gasteiger partial charge < -0.3 is 9.47 Å². The van der Waals surface area contributed by atoms with Gasteiger partial charge >= 0.3 is 0 Å². The van der Waals surface area contributed by atoms with Crippen molar-refractivity contribution in [2.75, 3.05) is 6.79 Å². The van der Waals surface area contributed by atoms with Gasteiger partial charge in [0.1, 0.15) is 0 Å². The lowest BCUT2D eigenvalue weighted by Crippen LogP contribution is -1.94. The molecule has 0 N–H and O–H groups in total. The van der Waals surface area contributed by atoms with Gasteiger partial charge in [0.25, 0.3) is 0 Å². The third kappa shape index (κ3) is 2.75. The first-order valence-corrected chi connectivity index (χ1v) is 6.89. The molecule has 0 amide bonds. The van der Waals surface area contributed by atoms with Crippen molar-refractivity contribution in [1.29, 1.82) is 0 Å². The third-order valence-corrected chi connectivity index (χ3v) is 3.48. The molecule has 0 aliphatic carbocycles. The Bertz CT molecular complexity index is 675. The average molecular weight is 331 g/mol. The van der Waals surface area contributed by atoms with Gasteiger partial charge in [-0.25, -0.2) is 0 Å². The molecule has 1 aliphatic rings. The van der Waals surface area contributed by atoms with Crippen molar-refractivity contribution in [3.8, 4) is 11.5 Å². The number of ketones is 1. The van der Waals surface area contributed by atoms with Crippen LogP contribution in [0.2, 0.25) is 0 Å². The van der Waals surface area contributed by atoms with Crippen molar-refractivity contribution >= 4 is 27.8 Å². The van der Waals surface area contributed by atoms with Crippen molar-refractivity contribution in [2.24, 2.45) is 0 Å². The standard InChI is InChI=1S/C16H11BrO3/c17-13-5-1-11(2-6-13)3-7-14(18)12-4-8-15-16(9-12)20-10-19-15/h1-9H,10H2. The molecule has 0 saturated carbocycles. The summed E-state index contributed by atoms with van der Waals surface area (Å²) >= 11 is 3.37. The summed E-state index contributed by atoms with van der Waals surface area (Å²) in [6, 6.07) is 12.9. The Morgan fingerprint density at radius 3 is 2.60 bits per heavy atom. The predicted octanol–water partition coefficient (Wildman–Crippen LogP) is 4.07. The topological polar surface area (TPSA) is 35.5 Å². The van der Waals surface area contributed by atoms with Crippen LogP contribution in [-0.4, -0.2) is 12.6 Å². The zero-order valence-corrected chi connectivity index (χ0v) is 12.1. The summed E-state index contributed by atoms with van der Waals surface area (Å²) in [6.07, 6.45) is 3.35. The van der Waals surface area contributed by atoms with Crippen molar-refractivity contribution in [3.63, 3.8) is 0 Å². The summed E-state index contributed by atoms with van der Waals surface area (Å²) in [4.78, 5) is 12.1. The summed E-state index contributed by atoms with van der Waals surface area (Å²) in [5.41, 5.74) is 1.56. The first-order valence-electron chi connectivity index (χ1n) is 6.10. The van der Waals surface area contributed by atoms with Crippen LogP contribution in [0.1, 0.15) is 15.9 Å². The minimum Gasteiger partial charge on any atom is -0.454 e. The SMILES string of the molecule is O=C(C=Cc1ccc(Br)cc1)c1ccc2c(c1)OCO2. The van der Waals surface area contributed by atoms with Gasteiger partial charge in [0.2, 0.25) is 6.79 Å². The minimum atomic E-state index is -0.0637. The fourth-order valence-electron chi connectivity index (χ4n) is 1.89. The highest BCUT2D eigenvalue weighted by atomic mass is 79.9. The second-order valence-corrected chi connectivity index (χ2v) is 5.23. The van der Waals surface area contributed by atoms with E-state index in [9.17, 15) is 4.79 Å². The first kappa shape index (κ1) is 12.9. The van der Waals surface area contributed by atoms with Crippen LogP contribution in [0.25, 0.3) is 6.08 Å². The number of rotatable bonds is 3. The highest BCUT2D eigenvalue weighted by Gasteiger charge is 2.14. The maximum Gasteiger partial charge on any atom is 0.231 e. The Morgan fingerprint density at radius 2 is 1.80 bits per heavy atom. The molecule has 100 valence electrons. The lowest BCUT2D eigenvalue weighted by Gasteiger charge is -1.99. The minimum absolute atomic E-state index is 0.0637. The van der Waals surface area contributed by atoms with Crippen LogP contribution in [0.5, 0.6) is 11.5 Å². The molecule has 0 aromatic heterocycles. The molecule has 0 fully saturated rings. The summed E-state index contributed by atoms with van der Waals surface area (Å²) in [6.45, 7) is 0.210. The molecule has 3 nitrogen and oxygen atoms in total. The number of carbonyl (C=O) groups excluding carboxylic acids is 1. The van der Waals surface area contributed by atoms with E-state index in [-0.39, 0.29) is 12.6 Å². The molecule has 0 spiro atoms. The highest BCUT2D eigenvalue weighted by molar-refractivity contribution is 9.10. The largest absolute Gasteiger partial charge is 0.454 e. The molecule has 20 heavy (non-hydrogen) atoms. The number of ether oxygens (including phenoxy) is 2. The van der Waals surface area contributed by atoms with Crippen LogP contribution < -0.4 is 9.47 Å². The number of hydrogen-bond acceptors (Lipinski definition) is 3. The summed E-state index contributed by atoms with van der Waals surface area (Å²) < 4.78 is 11.5. The Kier molecular flexibility index (Phi) is 3.56. The molecule has 0 bridgehead atoms. The van der Waals surface area contributed by atoms with E-state index in [1.165, 1.54) is 0 Å². The van der Waals surface area contributed by atoms with Crippen LogP contribution in [0.15, 0.2) is 53.0 Å². The Labute approximate surface area is 125 Å². The Morgan fingerprint density at radius 1 is 1.05 bits per heavy atom. The third-order valence-electron chi connectivity index (χ3n) is 2.95. The smallest absolute Gasteiger partial charge is 0.231 e. The van der Waals surface area contributed by atoms with Crippen LogP contribution >= 0.6 is 15.9 Å². The molecule has 0 atom stereocenters. The molecule has 0 radical (unpaired) electrons. The number of allylic oxidation sites excluding steroid dienone is 1. The van der Waals surface area contributed by atoms with Crippen molar-refractivity contribution in [1.82, 2.24) is 0 Å². The number of fused-ring (bicyclic) bond motifs is 1. The summed E-state index contributed by atoms with van der Waals surface area (Å²) in [5.74, 6) is 1.23. The maximum atomic E-state index is 12.1. The molecule has 2 aromatic carbocycles. The number of hydrogen-bond donors (Lipinski definition) is 0. The van der Waals surface area contributed by atoms with E-state index in [2.05, 4.69) is 15.9 Å². The molecule has 0 unspecified atom stereocenters. The first-order chi connectivity index (χ1) is 9.72. The second-order valence-electron chi connectivity index (χ2n) is 4.32. The van der Waals surface area contributed by atoms with Gasteiger partial charge in [0.15, 0.2) is 17.3 Å².